The molecule has 3 nitrogen and oxygen atoms in total. The molecule has 5 heteroatoms. The fraction of sp³-hybridized carbons (Fsp3) is 1.00. The molecule has 2 unspecified atom stereocenters. The third-order valence-electron chi connectivity index (χ3n) is 2.67. The summed E-state index contributed by atoms with van der Waals surface area (Å²) in [7, 11) is 4.06. The molecule has 0 amide bonds. The van der Waals surface area contributed by atoms with Crippen LogP contribution < -0.4 is 0 Å². The zero-order valence-electron chi connectivity index (χ0n) is 13.2. The Balaban J connectivity index is 4.76. The van der Waals surface area contributed by atoms with Gasteiger partial charge in [-0.3, -0.25) is 4.57 Å². The molecule has 0 aliphatic heterocycles. The van der Waals surface area contributed by atoms with Crippen LogP contribution in [-0.4, -0.2) is 42.6 Å². The zero-order valence-corrected chi connectivity index (χ0v) is 14.9. The van der Waals surface area contributed by atoms with Crippen molar-refractivity contribution in [3.63, 3.8) is 0 Å². The Bertz CT molecular complexity index is 287. The Labute approximate surface area is 117 Å². The molecule has 2 atom stereocenters. The molecule has 0 heterocycles. The maximum atomic E-state index is 13.1. The largest absolute Gasteiger partial charge is 0.315 e. The Morgan fingerprint density at radius 1 is 1.22 bits per heavy atom. The van der Waals surface area contributed by atoms with E-state index in [1.54, 1.807) is 0 Å². The molecular weight excluding hydrogens is 265 g/mol. The van der Waals surface area contributed by atoms with Crippen LogP contribution in [0.15, 0.2) is 0 Å². The van der Waals surface area contributed by atoms with Crippen LogP contribution in [0.25, 0.3) is 0 Å². The number of nitrogens with zero attached hydrogens (tertiary/aromatic N) is 1. The second kappa shape index (κ2) is 7.33. The van der Waals surface area contributed by atoms with Gasteiger partial charge in [0, 0.05) is 18.0 Å². The summed E-state index contributed by atoms with van der Waals surface area (Å²) in [4.78, 5) is 2.11. The molecule has 0 saturated carbocycles. The first-order valence-electron chi connectivity index (χ1n) is 6.57. The minimum Gasteiger partial charge on any atom is -0.315 e. The standard InChI is InChI=1S/C13H30NO2PS/c1-11(2)12(3)17(15,16-13(4,5)6)18-10-9-14(7)8/h11-12H,9-10H2,1-8H3. The highest BCUT2D eigenvalue weighted by atomic mass is 32.7. The van der Waals surface area contributed by atoms with E-state index in [1.807, 2.05) is 41.8 Å². The third-order valence-corrected chi connectivity index (χ3v) is 8.64. The molecule has 0 aromatic heterocycles. The van der Waals surface area contributed by atoms with Gasteiger partial charge in [-0.25, -0.2) is 0 Å². The zero-order chi connectivity index (χ0) is 14.6. The minimum absolute atomic E-state index is 0.0869. The molecule has 0 aliphatic rings. The highest BCUT2D eigenvalue weighted by molar-refractivity contribution is 8.56. The number of hydrogen-bond acceptors (Lipinski definition) is 4. The molecule has 0 radical (unpaired) electrons. The van der Waals surface area contributed by atoms with E-state index in [1.165, 1.54) is 11.4 Å². The second-order valence-corrected chi connectivity index (χ2v) is 11.4. The summed E-state index contributed by atoms with van der Waals surface area (Å²) in [6.07, 6.45) is 0. The Morgan fingerprint density at radius 2 is 1.72 bits per heavy atom. The lowest BCUT2D eigenvalue weighted by molar-refractivity contribution is 0.137. The Morgan fingerprint density at radius 3 is 2.06 bits per heavy atom. The molecule has 0 aromatic carbocycles. The molecule has 0 rings (SSSR count). The fourth-order valence-corrected chi connectivity index (χ4v) is 7.25. The second-order valence-electron chi connectivity index (χ2n) is 6.36. The van der Waals surface area contributed by atoms with E-state index in [9.17, 15) is 4.57 Å². The van der Waals surface area contributed by atoms with E-state index in [-0.39, 0.29) is 11.3 Å². The summed E-state index contributed by atoms with van der Waals surface area (Å²) in [6, 6.07) is 0. The smallest absolute Gasteiger partial charge is 0.261 e. The van der Waals surface area contributed by atoms with Gasteiger partial charge in [0.1, 0.15) is 0 Å². The van der Waals surface area contributed by atoms with Crippen molar-refractivity contribution < 1.29 is 9.09 Å². The summed E-state index contributed by atoms with van der Waals surface area (Å²) in [5.74, 6) is 1.21. The van der Waals surface area contributed by atoms with Crippen LogP contribution in [0.4, 0.5) is 0 Å². The van der Waals surface area contributed by atoms with E-state index >= 15 is 0 Å². The molecule has 18 heavy (non-hydrogen) atoms. The SMILES string of the molecule is CC(C)C(C)P(=O)(OC(C)(C)C)SCCN(C)C. The summed E-state index contributed by atoms with van der Waals surface area (Å²) >= 11 is 1.51. The predicted octanol–water partition coefficient (Wildman–Crippen LogP) is 4.33. The van der Waals surface area contributed by atoms with E-state index in [0.29, 0.717) is 5.92 Å². The lowest BCUT2D eigenvalue weighted by Crippen LogP contribution is -2.23. The molecule has 0 N–H and O–H groups in total. The van der Waals surface area contributed by atoms with Gasteiger partial charge in [-0.1, -0.05) is 32.2 Å². The minimum atomic E-state index is -2.65. The molecule has 110 valence electrons. The highest BCUT2D eigenvalue weighted by Gasteiger charge is 2.37. The highest BCUT2D eigenvalue weighted by Crippen LogP contribution is 2.66. The van der Waals surface area contributed by atoms with Crippen LogP contribution in [0.5, 0.6) is 0 Å². The average Bonchev–Trinajstić information content (AvgIpc) is 2.12. The van der Waals surface area contributed by atoms with E-state index in [4.69, 9.17) is 4.52 Å². The van der Waals surface area contributed by atoms with Gasteiger partial charge in [0.15, 0.2) is 0 Å². The van der Waals surface area contributed by atoms with E-state index in [0.717, 1.165) is 12.3 Å². The van der Waals surface area contributed by atoms with Crippen LogP contribution in [0.2, 0.25) is 0 Å². The predicted molar refractivity (Wildman–Crippen MR) is 83.8 cm³/mol. The van der Waals surface area contributed by atoms with Gasteiger partial charge in [0.2, 0.25) is 0 Å². The first-order chi connectivity index (χ1) is 7.98. The van der Waals surface area contributed by atoms with Crippen molar-refractivity contribution in [1.82, 2.24) is 4.90 Å². The van der Waals surface area contributed by atoms with Crippen molar-refractivity contribution in [1.29, 1.82) is 0 Å². The van der Waals surface area contributed by atoms with Crippen LogP contribution in [0.1, 0.15) is 41.5 Å². The summed E-state index contributed by atoms with van der Waals surface area (Å²) < 4.78 is 19.0. The topological polar surface area (TPSA) is 29.5 Å². The first-order valence-corrected chi connectivity index (χ1v) is 9.86. The molecule has 0 fully saturated rings. The van der Waals surface area contributed by atoms with Gasteiger partial charge in [-0.05, 0) is 40.8 Å². The molecule has 0 aliphatic carbocycles. The maximum Gasteiger partial charge on any atom is 0.261 e. The van der Waals surface area contributed by atoms with Gasteiger partial charge < -0.3 is 9.42 Å². The molecule has 0 bridgehead atoms. The van der Waals surface area contributed by atoms with Gasteiger partial charge in [-0.15, -0.1) is 0 Å². The molecule has 0 saturated heterocycles. The van der Waals surface area contributed by atoms with Crippen LogP contribution >= 0.6 is 18.0 Å². The summed E-state index contributed by atoms with van der Waals surface area (Å²) in [5, 5.41) is 0. The van der Waals surface area contributed by atoms with Crippen LogP contribution in [0.3, 0.4) is 0 Å². The third kappa shape index (κ3) is 7.18. The van der Waals surface area contributed by atoms with Gasteiger partial charge >= 0.3 is 0 Å². The molecule has 0 spiro atoms. The fourth-order valence-electron chi connectivity index (χ4n) is 1.32. The van der Waals surface area contributed by atoms with Gasteiger partial charge in [-0.2, -0.15) is 0 Å². The number of hydrogen-bond donors (Lipinski definition) is 0. The normalized spacial score (nSPS) is 18.1. The van der Waals surface area contributed by atoms with Gasteiger partial charge in [0.05, 0.1) is 5.60 Å². The van der Waals surface area contributed by atoms with Crippen molar-refractivity contribution in [2.45, 2.75) is 52.8 Å². The van der Waals surface area contributed by atoms with Crippen molar-refractivity contribution in [2.24, 2.45) is 5.92 Å². The lowest BCUT2D eigenvalue weighted by atomic mass is 10.2. The Kier molecular flexibility index (Phi) is 7.53. The summed E-state index contributed by atoms with van der Waals surface area (Å²) in [5.41, 5.74) is -0.270. The van der Waals surface area contributed by atoms with Crippen molar-refractivity contribution in [3.05, 3.63) is 0 Å². The van der Waals surface area contributed by atoms with E-state index in [2.05, 4.69) is 18.7 Å². The quantitative estimate of drug-likeness (QED) is 0.654. The molecular formula is C13H30NO2PS. The first kappa shape index (κ1) is 18.5. The summed E-state index contributed by atoms with van der Waals surface area (Å²) in [6.45, 7) is 10.4. The molecule has 0 aromatic rings. The van der Waals surface area contributed by atoms with Gasteiger partial charge in [0.25, 0.3) is 6.57 Å². The van der Waals surface area contributed by atoms with Crippen molar-refractivity contribution >= 4 is 18.0 Å². The van der Waals surface area contributed by atoms with Crippen molar-refractivity contribution in [2.75, 3.05) is 26.4 Å². The van der Waals surface area contributed by atoms with Crippen LogP contribution in [-0.2, 0) is 9.09 Å². The van der Waals surface area contributed by atoms with Crippen molar-refractivity contribution in [3.8, 4) is 0 Å². The average molecular weight is 295 g/mol. The monoisotopic (exact) mass is 295 g/mol. The Hall–Kier alpha value is 0.500. The maximum absolute atomic E-state index is 13.1. The van der Waals surface area contributed by atoms with E-state index < -0.39 is 6.57 Å². The number of rotatable bonds is 7. The lowest BCUT2D eigenvalue weighted by Gasteiger charge is -2.32. The van der Waals surface area contributed by atoms with Crippen LogP contribution in [0, 0.1) is 5.92 Å².